The number of aliphatic imine (C=N–C) groups is 1. The molecule has 3 heterocycles. The summed E-state index contributed by atoms with van der Waals surface area (Å²) in [7, 11) is 1.81. The highest BCUT2D eigenvalue weighted by Gasteiger charge is 2.20. The number of aromatic amines is 1. The minimum atomic E-state index is 0. The lowest BCUT2D eigenvalue weighted by Gasteiger charge is -2.33. The van der Waals surface area contributed by atoms with Crippen molar-refractivity contribution in [1.29, 1.82) is 0 Å². The van der Waals surface area contributed by atoms with Crippen LogP contribution in [0.15, 0.2) is 60.0 Å². The second-order valence-electron chi connectivity index (χ2n) is 7.05. The van der Waals surface area contributed by atoms with Crippen molar-refractivity contribution in [3.8, 4) is 11.4 Å². The van der Waals surface area contributed by atoms with E-state index in [-0.39, 0.29) is 24.0 Å². The molecule has 3 N–H and O–H groups in total. The molecule has 3 aromatic rings. The topological polar surface area (TPSA) is 94.1 Å². The monoisotopic (exact) mass is 518 g/mol. The van der Waals surface area contributed by atoms with Crippen molar-refractivity contribution in [3.63, 3.8) is 0 Å². The average Bonchev–Trinajstić information content (AvgIpc) is 3.33. The Morgan fingerprint density at radius 2 is 2.03 bits per heavy atom. The quantitative estimate of drug-likeness (QED) is 0.273. The summed E-state index contributed by atoms with van der Waals surface area (Å²) < 4.78 is 0. The van der Waals surface area contributed by atoms with E-state index in [1.54, 1.807) is 0 Å². The normalized spacial score (nSPS) is 14.8. The molecule has 0 bridgehead atoms. The van der Waals surface area contributed by atoms with Gasteiger partial charge >= 0.3 is 0 Å². The van der Waals surface area contributed by atoms with E-state index in [9.17, 15) is 0 Å². The number of nitrogens with one attached hydrogen (secondary N) is 3. The Morgan fingerprint density at radius 1 is 1.17 bits per heavy atom. The molecule has 9 heteroatoms. The molecule has 0 radical (unpaired) electrons. The lowest BCUT2D eigenvalue weighted by atomic mass is 10.1. The van der Waals surface area contributed by atoms with Crippen molar-refractivity contribution in [2.45, 2.75) is 25.4 Å². The van der Waals surface area contributed by atoms with Crippen molar-refractivity contribution < 1.29 is 0 Å². The molecule has 158 valence electrons. The van der Waals surface area contributed by atoms with Crippen LogP contribution in [0.4, 0.5) is 5.82 Å². The van der Waals surface area contributed by atoms with Crippen LogP contribution in [0.1, 0.15) is 18.4 Å². The van der Waals surface area contributed by atoms with E-state index < -0.39 is 0 Å². The third kappa shape index (κ3) is 5.68. The van der Waals surface area contributed by atoms with Gasteiger partial charge in [-0.1, -0.05) is 24.3 Å². The molecule has 0 spiro atoms. The fourth-order valence-electron chi connectivity index (χ4n) is 3.54. The second kappa shape index (κ2) is 10.9. The molecule has 0 amide bonds. The van der Waals surface area contributed by atoms with Crippen LogP contribution in [-0.2, 0) is 6.54 Å². The summed E-state index contributed by atoms with van der Waals surface area (Å²) in [5.41, 5.74) is 2.18. The number of guanidine groups is 1. The maximum absolute atomic E-state index is 4.45. The Morgan fingerprint density at radius 3 is 2.73 bits per heavy atom. The molecule has 0 saturated carbocycles. The molecule has 1 aliphatic rings. The van der Waals surface area contributed by atoms with Crippen molar-refractivity contribution >= 4 is 35.8 Å². The van der Waals surface area contributed by atoms with Crippen LogP contribution in [0.2, 0.25) is 0 Å². The van der Waals surface area contributed by atoms with Gasteiger partial charge in [0.25, 0.3) is 0 Å². The summed E-state index contributed by atoms with van der Waals surface area (Å²) in [6, 6.07) is 14.7. The summed E-state index contributed by atoms with van der Waals surface area (Å²) in [6.45, 7) is 2.67. The number of piperidine rings is 1. The van der Waals surface area contributed by atoms with Gasteiger partial charge in [-0.2, -0.15) is 5.10 Å². The minimum absolute atomic E-state index is 0. The van der Waals surface area contributed by atoms with Gasteiger partial charge in [-0.05, 0) is 36.6 Å². The Bertz CT molecular complexity index is 921. The molecule has 0 aliphatic carbocycles. The van der Waals surface area contributed by atoms with Gasteiger partial charge in [0.05, 0.1) is 0 Å². The molecular weight excluding hydrogens is 491 g/mol. The zero-order chi connectivity index (χ0) is 19.9. The Labute approximate surface area is 193 Å². The maximum Gasteiger partial charge on any atom is 0.191 e. The van der Waals surface area contributed by atoms with E-state index in [1.807, 2.05) is 37.5 Å². The highest BCUT2D eigenvalue weighted by atomic mass is 127. The third-order valence-corrected chi connectivity index (χ3v) is 5.11. The van der Waals surface area contributed by atoms with Gasteiger partial charge in [0.15, 0.2) is 11.8 Å². The van der Waals surface area contributed by atoms with E-state index in [0.29, 0.717) is 12.6 Å². The third-order valence-electron chi connectivity index (χ3n) is 5.11. The largest absolute Gasteiger partial charge is 0.356 e. The molecule has 30 heavy (non-hydrogen) atoms. The van der Waals surface area contributed by atoms with E-state index in [4.69, 9.17) is 0 Å². The van der Waals surface area contributed by atoms with Crippen molar-refractivity contribution in [3.05, 3.63) is 60.6 Å². The van der Waals surface area contributed by atoms with E-state index >= 15 is 0 Å². The zero-order valence-electron chi connectivity index (χ0n) is 17.0. The first-order valence-electron chi connectivity index (χ1n) is 9.89. The first-order chi connectivity index (χ1) is 14.3. The lowest BCUT2D eigenvalue weighted by Crippen LogP contribution is -2.48. The van der Waals surface area contributed by atoms with Crippen LogP contribution in [0.3, 0.4) is 0 Å². The molecule has 2 aromatic heterocycles. The van der Waals surface area contributed by atoms with Gasteiger partial charge in [-0.25, -0.2) is 9.97 Å². The number of anilines is 1. The second-order valence-corrected chi connectivity index (χ2v) is 7.05. The number of aromatic nitrogens is 4. The Hall–Kier alpha value is -2.69. The van der Waals surface area contributed by atoms with Crippen LogP contribution in [0.5, 0.6) is 0 Å². The SMILES string of the molecule is CN=C(NCc1cccc(-c2ncn[nH]2)c1)NC1CCN(c2ccccn2)CC1.I. The number of hydrogen-bond acceptors (Lipinski definition) is 5. The summed E-state index contributed by atoms with van der Waals surface area (Å²) in [6.07, 6.45) is 5.48. The smallest absolute Gasteiger partial charge is 0.191 e. The number of hydrogen-bond donors (Lipinski definition) is 3. The lowest BCUT2D eigenvalue weighted by molar-refractivity contribution is 0.459. The molecular formula is C21H27IN8. The summed E-state index contributed by atoms with van der Waals surface area (Å²) in [5, 5.41) is 13.8. The van der Waals surface area contributed by atoms with Gasteiger partial charge in [-0.15, -0.1) is 24.0 Å². The van der Waals surface area contributed by atoms with Crippen molar-refractivity contribution in [1.82, 2.24) is 30.8 Å². The fraction of sp³-hybridized carbons (Fsp3) is 0.333. The molecule has 1 saturated heterocycles. The molecule has 4 rings (SSSR count). The minimum Gasteiger partial charge on any atom is -0.356 e. The van der Waals surface area contributed by atoms with Gasteiger partial charge in [0.2, 0.25) is 0 Å². The average molecular weight is 518 g/mol. The zero-order valence-corrected chi connectivity index (χ0v) is 19.3. The fourth-order valence-corrected chi connectivity index (χ4v) is 3.54. The van der Waals surface area contributed by atoms with Gasteiger partial charge in [0.1, 0.15) is 12.1 Å². The number of pyridine rings is 1. The molecule has 8 nitrogen and oxygen atoms in total. The Balaban J connectivity index is 0.00000256. The molecule has 1 aromatic carbocycles. The highest BCUT2D eigenvalue weighted by Crippen LogP contribution is 2.17. The first kappa shape index (κ1) is 22.0. The maximum atomic E-state index is 4.45. The molecule has 1 aliphatic heterocycles. The van der Waals surface area contributed by atoms with Crippen LogP contribution in [0.25, 0.3) is 11.4 Å². The van der Waals surface area contributed by atoms with E-state index in [0.717, 1.165) is 54.7 Å². The van der Waals surface area contributed by atoms with Crippen molar-refractivity contribution in [2.24, 2.45) is 4.99 Å². The number of benzene rings is 1. The van der Waals surface area contributed by atoms with Crippen LogP contribution in [0, 0.1) is 0 Å². The number of rotatable bonds is 5. The molecule has 0 atom stereocenters. The molecule has 1 fully saturated rings. The Kier molecular flexibility index (Phi) is 8.00. The van der Waals surface area contributed by atoms with Crippen LogP contribution in [-0.4, -0.2) is 52.3 Å². The molecule has 0 unspecified atom stereocenters. The van der Waals surface area contributed by atoms with Gasteiger partial charge in [0, 0.05) is 44.5 Å². The first-order valence-corrected chi connectivity index (χ1v) is 9.89. The predicted molar refractivity (Wildman–Crippen MR) is 130 cm³/mol. The van der Waals surface area contributed by atoms with Crippen molar-refractivity contribution in [2.75, 3.05) is 25.0 Å². The van der Waals surface area contributed by atoms with Crippen LogP contribution < -0.4 is 15.5 Å². The predicted octanol–water partition coefficient (Wildman–Crippen LogP) is 2.82. The highest BCUT2D eigenvalue weighted by molar-refractivity contribution is 14.0. The standard InChI is InChI=1S/C21H26N8.HI/c1-22-21(24-14-16-5-4-6-17(13-16)20-25-15-26-28-20)27-18-8-11-29(12-9-18)19-7-2-3-10-23-19;/h2-7,10,13,15,18H,8-9,11-12,14H2,1H3,(H2,22,24,27)(H,25,26,28);1H. The number of nitrogens with zero attached hydrogens (tertiary/aromatic N) is 5. The number of halogens is 1. The van der Waals surface area contributed by atoms with Gasteiger partial charge in [-0.3, -0.25) is 10.1 Å². The van der Waals surface area contributed by atoms with Gasteiger partial charge < -0.3 is 15.5 Å². The van der Waals surface area contributed by atoms with Crippen LogP contribution >= 0.6 is 24.0 Å². The number of H-pyrrole nitrogens is 1. The summed E-state index contributed by atoms with van der Waals surface area (Å²) in [4.78, 5) is 15.4. The summed E-state index contributed by atoms with van der Waals surface area (Å²) >= 11 is 0. The van der Waals surface area contributed by atoms with E-state index in [1.165, 1.54) is 6.33 Å². The summed E-state index contributed by atoms with van der Waals surface area (Å²) in [5.74, 6) is 2.65. The van der Waals surface area contributed by atoms with E-state index in [2.05, 4.69) is 58.9 Å².